The third-order valence-corrected chi connectivity index (χ3v) is 1.48. The van der Waals surface area contributed by atoms with Crippen molar-refractivity contribution in [3.05, 3.63) is 24.3 Å². The van der Waals surface area contributed by atoms with Crippen LogP contribution in [0.15, 0.2) is 24.3 Å². The number of rotatable bonds is 2. The van der Waals surface area contributed by atoms with E-state index in [-0.39, 0.29) is 5.75 Å². The van der Waals surface area contributed by atoms with E-state index in [9.17, 15) is 8.42 Å². The summed E-state index contributed by atoms with van der Waals surface area (Å²) in [5.74, 6) is -0.340. The molecule has 0 aliphatic heterocycles. The van der Waals surface area contributed by atoms with E-state index < -0.39 is 10.1 Å². The van der Waals surface area contributed by atoms with Crippen molar-refractivity contribution < 1.29 is 13.0 Å². The monoisotopic (exact) mass is 203 g/mol. The smallest absolute Gasteiger partial charge is 0.268 e. The topological polar surface area (TPSA) is 78.2 Å². The molecule has 0 aromatic heterocycles. The van der Waals surface area contributed by atoms with Crippen LogP contribution in [0, 0.1) is 11.3 Å². The second-order valence-electron chi connectivity index (χ2n) is 2.58. The molecule has 0 atom stereocenters. The van der Waals surface area contributed by atoms with Crippen LogP contribution in [0.3, 0.4) is 0 Å². The van der Waals surface area contributed by atoms with E-state index in [4.69, 9.17) is 9.81 Å². The third-order valence-electron chi connectivity index (χ3n) is 0.620. The molecule has 0 aliphatic carbocycles. The normalized spacial score (nSPS) is 9.08. The summed E-state index contributed by atoms with van der Waals surface area (Å²) < 4.78 is 28.0. The molecule has 0 unspecified atom stereocenters. The molecule has 0 aliphatic rings. The largest absolute Gasteiger partial charge is 0.285 e. The van der Waals surface area contributed by atoms with Gasteiger partial charge in [0.25, 0.3) is 10.1 Å². The van der Waals surface area contributed by atoms with E-state index in [1.165, 1.54) is 6.92 Å². The van der Waals surface area contributed by atoms with E-state index in [1.807, 2.05) is 6.07 Å². The summed E-state index contributed by atoms with van der Waals surface area (Å²) in [7, 11) is -3.82. The Morgan fingerprint density at radius 2 is 1.77 bits per heavy atom. The van der Waals surface area contributed by atoms with Gasteiger partial charge in [0, 0.05) is 5.57 Å². The Balaban J connectivity index is 0. The molecule has 0 saturated carbocycles. The zero-order valence-corrected chi connectivity index (χ0v) is 8.56. The minimum Gasteiger partial charge on any atom is -0.285 e. The Labute approximate surface area is 78.9 Å². The van der Waals surface area contributed by atoms with E-state index in [0.29, 0.717) is 11.1 Å². The fraction of sp³-hybridized carbons (Fsp3) is 0.375. The molecule has 0 amide bonds. The lowest BCUT2D eigenvalue weighted by molar-refractivity contribution is 0.486. The average molecular weight is 203 g/mol. The van der Waals surface area contributed by atoms with Gasteiger partial charge in [-0.25, -0.2) is 0 Å². The number of hydrogen-bond donors (Lipinski definition) is 1. The molecule has 13 heavy (non-hydrogen) atoms. The van der Waals surface area contributed by atoms with E-state index in [1.54, 1.807) is 6.92 Å². The number of nitriles is 1. The molecule has 0 heterocycles. The Hall–Kier alpha value is -1.12. The van der Waals surface area contributed by atoms with Crippen molar-refractivity contribution in [2.24, 2.45) is 0 Å². The number of allylic oxidation sites excluding steroid dienone is 1. The molecular weight excluding hydrogens is 190 g/mol. The highest BCUT2D eigenvalue weighted by atomic mass is 32.2. The molecule has 0 rings (SSSR count). The van der Waals surface area contributed by atoms with Gasteiger partial charge in [0.1, 0.15) is 0 Å². The minimum absolute atomic E-state index is 0.340. The predicted molar refractivity (Wildman–Crippen MR) is 51.7 cm³/mol. The number of hydrogen-bond acceptors (Lipinski definition) is 3. The van der Waals surface area contributed by atoms with Crippen LogP contribution in [-0.2, 0) is 10.1 Å². The van der Waals surface area contributed by atoms with E-state index in [0.717, 1.165) is 0 Å². The van der Waals surface area contributed by atoms with Gasteiger partial charge in [-0.3, -0.25) is 4.55 Å². The standard InChI is InChI=1S/C4H5N.C4H8O3S/c1-4(2)3-5;1-4(2)3-8(5,6)7/h1H2,2H3;1,3H2,2H3,(H,5,6,7). The van der Waals surface area contributed by atoms with Crippen LogP contribution in [-0.4, -0.2) is 18.7 Å². The molecule has 1 N–H and O–H groups in total. The van der Waals surface area contributed by atoms with Gasteiger partial charge in [-0.15, -0.1) is 0 Å². The molecule has 74 valence electrons. The quantitative estimate of drug-likeness (QED) is 0.419. The van der Waals surface area contributed by atoms with Gasteiger partial charge in [0.2, 0.25) is 0 Å². The van der Waals surface area contributed by atoms with Crippen LogP contribution >= 0.6 is 0 Å². The van der Waals surface area contributed by atoms with Crippen molar-refractivity contribution in [1.29, 1.82) is 5.26 Å². The van der Waals surface area contributed by atoms with Crippen molar-refractivity contribution in [3.8, 4) is 6.07 Å². The van der Waals surface area contributed by atoms with Gasteiger partial charge >= 0.3 is 0 Å². The Morgan fingerprint density at radius 1 is 1.46 bits per heavy atom. The predicted octanol–water partition coefficient (Wildman–Crippen LogP) is 1.54. The lowest BCUT2D eigenvalue weighted by Crippen LogP contribution is -2.03. The van der Waals surface area contributed by atoms with E-state index in [2.05, 4.69) is 13.2 Å². The summed E-state index contributed by atoms with van der Waals surface area (Å²) in [6.45, 7) is 9.82. The van der Waals surface area contributed by atoms with Gasteiger partial charge in [-0.1, -0.05) is 18.7 Å². The maximum absolute atomic E-state index is 9.94. The molecule has 0 aromatic rings. The molecule has 5 heteroatoms. The zero-order chi connectivity index (χ0) is 11.1. The van der Waals surface area contributed by atoms with Crippen molar-refractivity contribution >= 4 is 10.1 Å². The number of nitrogens with zero attached hydrogens (tertiary/aromatic N) is 1. The Bertz CT molecular complexity index is 322. The van der Waals surface area contributed by atoms with Gasteiger partial charge in [0.05, 0.1) is 11.8 Å². The Morgan fingerprint density at radius 3 is 1.77 bits per heavy atom. The molecule has 0 aromatic carbocycles. The first-order chi connectivity index (χ1) is 5.69. The lowest BCUT2D eigenvalue weighted by Gasteiger charge is -1.90. The molecule has 0 radical (unpaired) electrons. The van der Waals surface area contributed by atoms with E-state index >= 15 is 0 Å². The maximum Gasteiger partial charge on any atom is 0.268 e. The zero-order valence-electron chi connectivity index (χ0n) is 7.74. The lowest BCUT2D eigenvalue weighted by atomic mass is 10.4. The molecule has 0 fully saturated rings. The van der Waals surface area contributed by atoms with Gasteiger partial charge < -0.3 is 0 Å². The second-order valence-corrected chi connectivity index (χ2v) is 4.03. The summed E-state index contributed by atoms with van der Waals surface area (Å²) in [4.78, 5) is 0. The molecule has 0 spiro atoms. The highest BCUT2D eigenvalue weighted by Crippen LogP contribution is 1.91. The first kappa shape index (κ1) is 14.4. The minimum atomic E-state index is -3.82. The molecular formula is C8H13NO3S. The van der Waals surface area contributed by atoms with Gasteiger partial charge in [-0.05, 0) is 13.8 Å². The van der Waals surface area contributed by atoms with Crippen LogP contribution in [0.5, 0.6) is 0 Å². The summed E-state index contributed by atoms with van der Waals surface area (Å²) >= 11 is 0. The highest BCUT2D eigenvalue weighted by Gasteiger charge is 2.01. The summed E-state index contributed by atoms with van der Waals surface area (Å²) in [5, 5.41) is 7.79. The first-order valence-corrected chi connectivity index (χ1v) is 4.95. The second kappa shape index (κ2) is 6.40. The van der Waals surface area contributed by atoms with Crippen LogP contribution in [0.4, 0.5) is 0 Å². The summed E-state index contributed by atoms with van der Waals surface area (Å²) in [6, 6.07) is 1.83. The molecule has 0 bridgehead atoms. The van der Waals surface area contributed by atoms with Crippen molar-refractivity contribution in [2.75, 3.05) is 5.75 Å². The molecule has 0 saturated heterocycles. The van der Waals surface area contributed by atoms with Gasteiger partial charge in [-0.2, -0.15) is 13.7 Å². The average Bonchev–Trinajstić information content (AvgIpc) is 1.83. The van der Waals surface area contributed by atoms with Crippen LogP contribution in [0.2, 0.25) is 0 Å². The highest BCUT2D eigenvalue weighted by molar-refractivity contribution is 7.85. The maximum atomic E-state index is 9.94. The SMILES string of the molecule is C=C(C)C#N.C=C(C)CS(=O)(=O)O. The summed E-state index contributed by atoms with van der Waals surface area (Å²) in [5.41, 5.74) is 0.998. The van der Waals surface area contributed by atoms with Crippen LogP contribution < -0.4 is 0 Å². The third kappa shape index (κ3) is 24.8. The van der Waals surface area contributed by atoms with Crippen molar-refractivity contribution in [3.63, 3.8) is 0 Å². The van der Waals surface area contributed by atoms with Crippen LogP contribution in [0.25, 0.3) is 0 Å². The first-order valence-electron chi connectivity index (χ1n) is 3.34. The van der Waals surface area contributed by atoms with Crippen molar-refractivity contribution in [2.45, 2.75) is 13.8 Å². The fourth-order valence-corrected chi connectivity index (χ4v) is 0.934. The summed E-state index contributed by atoms with van der Waals surface area (Å²) in [6.07, 6.45) is 0. The fourth-order valence-electron chi connectivity index (χ4n) is 0.311. The Kier molecular flexibility index (Phi) is 7.09. The molecule has 4 nitrogen and oxygen atoms in total. The van der Waals surface area contributed by atoms with Crippen LogP contribution in [0.1, 0.15) is 13.8 Å². The van der Waals surface area contributed by atoms with Gasteiger partial charge in [0.15, 0.2) is 0 Å². The van der Waals surface area contributed by atoms with Crippen molar-refractivity contribution in [1.82, 2.24) is 0 Å².